The molecule has 0 amide bonds. The molecule has 4 heteroatoms. The lowest BCUT2D eigenvalue weighted by Crippen LogP contribution is -2.47. The molecule has 1 atom stereocenters. The Morgan fingerprint density at radius 1 is 1.17 bits per heavy atom. The lowest BCUT2D eigenvalue weighted by molar-refractivity contribution is 0.116. The van der Waals surface area contributed by atoms with E-state index in [4.69, 9.17) is 5.73 Å². The monoisotopic (exact) mass is 248 g/mol. The summed E-state index contributed by atoms with van der Waals surface area (Å²) in [6, 6.07) is 4.20. The molecular weight excluding hydrogens is 224 g/mol. The minimum Gasteiger partial charge on any atom is -0.330 e. The number of nitrogens with two attached hydrogens (primary N) is 1. The highest BCUT2D eigenvalue weighted by Crippen LogP contribution is 2.09. The van der Waals surface area contributed by atoms with Crippen LogP contribution in [-0.4, -0.2) is 54.1 Å². The number of hydrogen-bond acceptors (Lipinski definition) is 4. The summed E-state index contributed by atoms with van der Waals surface area (Å²) in [5.41, 5.74) is 7.03. The molecule has 18 heavy (non-hydrogen) atoms. The number of rotatable bonds is 5. The molecule has 1 saturated heterocycles. The Kier molecular flexibility index (Phi) is 5.11. The summed E-state index contributed by atoms with van der Waals surface area (Å²) in [6.45, 7) is 9.83. The number of hydrogen-bond donors (Lipinski definition) is 1. The highest BCUT2D eigenvalue weighted by Gasteiger charge is 2.17. The predicted molar refractivity (Wildman–Crippen MR) is 74.2 cm³/mol. The maximum atomic E-state index is 5.68. The van der Waals surface area contributed by atoms with Gasteiger partial charge in [0.05, 0.1) is 0 Å². The molecule has 1 fully saturated rings. The highest BCUT2D eigenvalue weighted by molar-refractivity contribution is 5.09. The normalized spacial score (nSPS) is 19.9. The summed E-state index contributed by atoms with van der Waals surface area (Å²) >= 11 is 0. The molecule has 2 heterocycles. The van der Waals surface area contributed by atoms with Gasteiger partial charge >= 0.3 is 0 Å². The number of piperazine rings is 1. The van der Waals surface area contributed by atoms with Gasteiger partial charge in [-0.15, -0.1) is 0 Å². The molecule has 0 aliphatic carbocycles. The van der Waals surface area contributed by atoms with E-state index in [1.807, 2.05) is 12.4 Å². The quantitative estimate of drug-likeness (QED) is 0.837. The van der Waals surface area contributed by atoms with Gasteiger partial charge in [0, 0.05) is 51.7 Å². The fourth-order valence-corrected chi connectivity index (χ4v) is 2.39. The lowest BCUT2D eigenvalue weighted by atomic mass is 10.1. The fourth-order valence-electron chi connectivity index (χ4n) is 2.39. The smallest absolute Gasteiger partial charge is 0.0271 e. The Morgan fingerprint density at radius 2 is 1.78 bits per heavy atom. The van der Waals surface area contributed by atoms with Crippen LogP contribution in [0.5, 0.6) is 0 Å². The van der Waals surface area contributed by atoms with Crippen molar-refractivity contribution in [1.29, 1.82) is 0 Å². The van der Waals surface area contributed by atoms with Crippen molar-refractivity contribution in [1.82, 2.24) is 14.8 Å². The third-order valence-corrected chi connectivity index (χ3v) is 3.59. The van der Waals surface area contributed by atoms with Crippen molar-refractivity contribution in [2.75, 3.05) is 39.3 Å². The molecule has 1 aliphatic rings. The van der Waals surface area contributed by atoms with Gasteiger partial charge in [0.15, 0.2) is 0 Å². The van der Waals surface area contributed by atoms with Crippen LogP contribution in [0.25, 0.3) is 0 Å². The molecule has 2 rings (SSSR count). The summed E-state index contributed by atoms with van der Waals surface area (Å²) in [5, 5.41) is 0. The van der Waals surface area contributed by atoms with E-state index < -0.39 is 0 Å². The van der Waals surface area contributed by atoms with Crippen LogP contribution in [0.4, 0.5) is 0 Å². The average molecular weight is 248 g/mol. The van der Waals surface area contributed by atoms with Crippen LogP contribution in [0.2, 0.25) is 0 Å². The molecule has 1 aliphatic heterocycles. The molecule has 1 unspecified atom stereocenters. The van der Waals surface area contributed by atoms with Crippen molar-refractivity contribution in [3.63, 3.8) is 0 Å². The SMILES string of the molecule is CC(CN)CN1CCN(Cc2ccncc2)CC1. The van der Waals surface area contributed by atoms with Gasteiger partial charge in [0.25, 0.3) is 0 Å². The number of nitrogens with zero attached hydrogens (tertiary/aromatic N) is 3. The van der Waals surface area contributed by atoms with E-state index in [1.165, 1.54) is 5.56 Å². The maximum Gasteiger partial charge on any atom is 0.0271 e. The van der Waals surface area contributed by atoms with E-state index in [-0.39, 0.29) is 0 Å². The van der Waals surface area contributed by atoms with Crippen LogP contribution in [0.15, 0.2) is 24.5 Å². The Bertz CT molecular complexity index is 333. The lowest BCUT2D eigenvalue weighted by Gasteiger charge is -2.35. The van der Waals surface area contributed by atoms with Crippen LogP contribution in [0.3, 0.4) is 0 Å². The largest absolute Gasteiger partial charge is 0.330 e. The second-order valence-electron chi connectivity index (χ2n) is 5.27. The zero-order valence-corrected chi connectivity index (χ0v) is 11.3. The van der Waals surface area contributed by atoms with Crippen molar-refractivity contribution >= 4 is 0 Å². The zero-order valence-electron chi connectivity index (χ0n) is 11.3. The van der Waals surface area contributed by atoms with E-state index in [0.717, 1.165) is 45.8 Å². The first-order valence-corrected chi connectivity index (χ1v) is 6.81. The Morgan fingerprint density at radius 3 is 2.39 bits per heavy atom. The van der Waals surface area contributed by atoms with Crippen molar-refractivity contribution in [2.45, 2.75) is 13.5 Å². The van der Waals surface area contributed by atoms with Crippen LogP contribution in [0.1, 0.15) is 12.5 Å². The minimum atomic E-state index is 0.608. The second-order valence-corrected chi connectivity index (χ2v) is 5.27. The maximum absolute atomic E-state index is 5.68. The Hall–Kier alpha value is -0.970. The van der Waals surface area contributed by atoms with E-state index >= 15 is 0 Å². The first kappa shape index (κ1) is 13.5. The minimum absolute atomic E-state index is 0.608. The molecule has 2 N–H and O–H groups in total. The topological polar surface area (TPSA) is 45.4 Å². The van der Waals surface area contributed by atoms with Crippen molar-refractivity contribution in [2.24, 2.45) is 11.7 Å². The van der Waals surface area contributed by atoms with E-state index in [2.05, 4.69) is 33.8 Å². The molecule has 0 aromatic carbocycles. The summed E-state index contributed by atoms with van der Waals surface area (Å²) in [4.78, 5) is 9.10. The molecule has 0 saturated carbocycles. The Balaban J connectivity index is 1.73. The first-order chi connectivity index (χ1) is 8.78. The zero-order chi connectivity index (χ0) is 12.8. The molecule has 1 aromatic heterocycles. The van der Waals surface area contributed by atoms with Crippen LogP contribution in [0, 0.1) is 5.92 Å². The third-order valence-electron chi connectivity index (χ3n) is 3.59. The summed E-state index contributed by atoms with van der Waals surface area (Å²) < 4.78 is 0. The predicted octanol–water partition coefficient (Wildman–Crippen LogP) is 0.794. The summed E-state index contributed by atoms with van der Waals surface area (Å²) in [6.07, 6.45) is 3.74. The molecule has 0 spiro atoms. The third kappa shape index (κ3) is 4.05. The van der Waals surface area contributed by atoms with Crippen LogP contribution >= 0.6 is 0 Å². The van der Waals surface area contributed by atoms with Crippen LogP contribution in [-0.2, 0) is 6.54 Å². The average Bonchev–Trinajstić information content (AvgIpc) is 2.42. The first-order valence-electron chi connectivity index (χ1n) is 6.81. The van der Waals surface area contributed by atoms with Crippen molar-refractivity contribution in [3.05, 3.63) is 30.1 Å². The number of aromatic nitrogens is 1. The van der Waals surface area contributed by atoms with Gasteiger partial charge in [-0.25, -0.2) is 0 Å². The summed E-state index contributed by atoms with van der Waals surface area (Å²) in [7, 11) is 0. The standard InChI is InChI=1S/C14H24N4/c1-13(10-15)11-17-6-8-18(9-7-17)12-14-2-4-16-5-3-14/h2-5,13H,6-12,15H2,1H3. The highest BCUT2D eigenvalue weighted by atomic mass is 15.3. The van der Waals surface area contributed by atoms with Gasteiger partial charge in [0.1, 0.15) is 0 Å². The van der Waals surface area contributed by atoms with E-state index in [9.17, 15) is 0 Å². The van der Waals surface area contributed by atoms with Gasteiger partial charge in [-0.05, 0) is 30.2 Å². The molecule has 4 nitrogen and oxygen atoms in total. The van der Waals surface area contributed by atoms with Crippen molar-refractivity contribution in [3.8, 4) is 0 Å². The van der Waals surface area contributed by atoms with Gasteiger partial charge < -0.3 is 10.6 Å². The van der Waals surface area contributed by atoms with E-state index in [1.54, 1.807) is 0 Å². The molecule has 0 radical (unpaired) electrons. The second kappa shape index (κ2) is 6.83. The molecule has 0 bridgehead atoms. The van der Waals surface area contributed by atoms with Crippen molar-refractivity contribution < 1.29 is 0 Å². The van der Waals surface area contributed by atoms with Gasteiger partial charge in [0.2, 0.25) is 0 Å². The van der Waals surface area contributed by atoms with Gasteiger partial charge in [-0.1, -0.05) is 6.92 Å². The molecular formula is C14H24N4. The molecule has 100 valence electrons. The number of pyridine rings is 1. The van der Waals surface area contributed by atoms with E-state index in [0.29, 0.717) is 5.92 Å². The molecule has 1 aromatic rings. The van der Waals surface area contributed by atoms with Crippen LogP contribution < -0.4 is 5.73 Å². The summed E-state index contributed by atoms with van der Waals surface area (Å²) in [5.74, 6) is 0.608. The fraction of sp³-hybridized carbons (Fsp3) is 0.643. The Labute approximate surface area is 110 Å². The van der Waals surface area contributed by atoms with Gasteiger partial charge in [-0.3, -0.25) is 9.88 Å². The van der Waals surface area contributed by atoms with Gasteiger partial charge in [-0.2, -0.15) is 0 Å².